The van der Waals surface area contributed by atoms with Crippen LogP contribution in [0, 0.1) is 0 Å². The minimum absolute atomic E-state index is 0.0940. The van der Waals surface area contributed by atoms with E-state index in [-0.39, 0.29) is 31.1 Å². The lowest BCUT2D eigenvalue weighted by Gasteiger charge is -2.04. The van der Waals surface area contributed by atoms with Crippen LogP contribution in [-0.4, -0.2) is 28.9 Å². The lowest BCUT2D eigenvalue weighted by atomic mass is 10.1. The number of rotatable bonds is 8. The Labute approximate surface area is 154 Å². The van der Waals surface area contributed by atoms with Gasteiger partial charge in [0.15, 0.2) is 5.78 Å². The van der Waals surface area contributed by atoms with Crippen LogP contribution in [0.3, 0.4) is 0 Å². The smallest absolute Gasteiger partial charge is 0.246 e. The van der Waals surface area contributed by atoms with E-state index in [1.54, 1.807) is 31.4 Å². The molecule has 3 rings (SSSR count). The van der Waals surface area contributed by atoms with E-state index in [1.165, 1.54) is 11.3 Å². The van der Waals surface area contributed by atoms with Crippen molar-refractivity contribution in [3.05, 3.63) is 53.2 Å². The van der Waals surface area contributed by atoms with Gasteiger partial charge < -0.3 is 14.6 Å². The first-order valence-corrected chi connectivity index (χ1v) is 8.84. The van der Waals surface area contributed by atoms with E-state index in [9.17, 15) is 9.59 Å². The number of methoxy groups -OCH3 is 1. The van der Waals surface area contributed by atoms with Crippen LogP contribution in [0.1, 0.15) is 29.1 Å². The number of Topliss-reactive ketones (excluding diaryl/α,β-unsaturated/α-hetero) is 1. The molecule has 0 unspecified atom stereocenters. The number of carbonyl (C=O) groups is 2. The summed E-state index contributed by atoms with van der Waals surface area (Å²) in [5, 5.41) is 8.48. The van der Waals surface area contributed by atoms with Crippen LogP contribution in [0.15, 0.2) is 46.3 Å². The monoisotopic (exact) mass is 371 g/mol. The topological polar surface area (TPSA) is 94.3 Å². The van der Waals surface area contributed by atoms with Crippen molar-refractivity contribution in [3.8, 4) is 16.5 Å². The van der Waals surface area contributed by atoms with Crippen LogP contribution in [0.2, 0.25) is 0 Å². The molecule has 1 aromatic carbocycles. The molecule has 1 amide bonds. The van der Waals surface area contributed by atoms with Crippen LogP contribution in [0.4, 0.5) is 0 Å². The molecule has 0 fully saturated rings. The SMILES string of the molecule is COc1ccc(C(=O)CCC(=O)NCc2nc(-c3cccs3)no2)cc1. The minimum Gasteiger partial charge on any atom is -0.497 e. The molecular weight excluding hydrogens is 354 g/mol. The maximum absolute atomic E-state index is 12.1. The molecular formula is C18H17N3O4S. The maximum atomic E-state index is 12.1. The van der Waals surface area contributed by atoms with Gasteiger partial charge in [-0.05, 0) is 35.7 Å². The van der Waals surface area contributed by atoms with Crippen molar-refractivity contribution in [1.82, 2.24) is 15.5 Å². The Hall–Kier alpha value is -3.00. The van der Waals surface area contributed by atoms with E-state index in [4.69, 9.17) is 9.26 Å². The van der Waals surface area contributed by atoms with E-state index in [1.807, 2.05) is 17.5 Å². The molecule has 2 aromatic heterocycles. The summed E-state index contributed by atoms with van der Waals surface area (Å²) in [6.45, 7) is 0.133. The van der Waals surface area contributed by atoms with Gasteiger partial charge in [0.25, 0.3) is 0 Å². The highest BCUT2D eigenvalue weighted by Gasteiger charge is 2.12. The third kappa shape index (κ3) is 4.54. The predicted molar refractivity (Wildman–Crippen MR) is 96.0 cm³/mol. The van der Waals surface area contributed by atoms with E-state index in [2.05, 4.69) is 15.5 Å². The van der Waals surface area contributed by atoms with E-state index in [0.717, 1.165) is 4.88 Å². The Balaban J connectivity index is 1.44. The molecule has 2 heterocycles. The Morgan fingerprint density at radius 3 is 2.69 bits per heavy atom. The second kappa shape index (κ2) is 8.39. The first-order valence-electron chi connectivity index (χ1n) is 7.96. The highest BCUT2D eigenvalue weighted by molar-refractivity contribution is 7.13. The summed E-state index contributed by atoms with van der Waals surface area (Å²) in [5.74, 6) is 1.16. The lowest BCUT2D eigenvalue weighted by Crippen LogP contribution is -2.23. The molecule has 0 aliphatic heterocycles. The normalized spacial score (nSPS) is 10.5. The number of benzene rings is 1. The van der Waals surface area contributed by atoms with Gasteiger partial charge in [-0.25, -0.2) is 0 Å². The summed E-state index contributed by atoms with van der Waals surface area (Å²) in [6.07, 6.45) is 0.221. The first kappa shape index (κ1) is 17.8. The lowest BCUT2D eigenvalue weighted by molar-refractivity contribution is -0.121. The molecule has 0 radical (unpaired) electrons. The largest absolute Gasteiger partial charge is 0.497 e. The Bertz CT molecular complexity index is 872. The number of thiophene rings is 1. The van der Waals surface area contributed by atoms with Gasteiger partial charge in [0, 0.05) is 18.4 Å². The number of amides is 1. The van der Waals surface area contributed by atoms with Crippen molar-refractivity contribution in [2.75, 3.05) is 7.11 Å². The zero-order chi connectivity index (χ0) is 18.4. The van der Waals surface area contributed by atoms with Gasteiger partial charge in [-0.2, -0.15) is 4.98 Å². The zero-order valence-electron chi connectivity index (χ0n) is 14.1. The molecule has 0 atom stereocenters. The first-order chi connectivity index (χ1) is 12.7. The number of hydrogen-bond donors (Lipinski definition) is 1. The van der Waals surface area contributed by atoms with Crippen LogP contribution in [0.25, 0.3) is 10.7 Å². The van der Waals surface area contributed by atoms with Crippen molar-refractivity contribution < 1.29 is 18.8 Å². The fraction of sp³-hybridized carbons (Fsp3) is 0.222. The third-order valence-electron chi connectivity index (χ3n) is 3.64. The molecule has 0 saturated heterocycles. The average Bonchev–Trinajstić information content (AvgIpc) is 3.36. The molecule has 8 heteroatoms. The van der Waals surface area contributed by atoms with Crippen molar-refractivity contribution in [2.24, 2.45) is 0 Å². The zero-order valence-corrected chi connectivity index (χ0v) is 14.9. The molecule has 26 heavy (non-hydrogen) atoms. The highest BCUT2D eigenvalue weighted by Crippen LogP contribution is 2.21. The Morgan fingerprint density at radius 2 is 2.00 bits per heavy atom. The molecule has 0 saturated carbocycles. The van der Waals surface area contributed by atoms with Crippen LogP contribution >= 0.6 is 11.3 Å². The van der Waals surface area contributed by atoms with Gasteiger partial charge in [-0.3, -0.25) is 9.59 Å². The summed E-state index contributed by atoms with van der Waals surface area (Å²) in [5.41, 5.74) is 0.552. The van der Waals surface area contributed by atoms with Gasteiger partial charge in [0.1, 0.15) is 5.75 Å². The second-order valence-corrected chi connectivity index (χ2v) is 6.37. The van der Waals surface area contributed by atoms with Crippen molar-refractivity contribution >= 4 is 23.0 Å². The molecule has 134 valence electrons. The van der Waals surface area contributed by atoms with Gasteiger partial charge in [0.05, 0.1) is 18.5 Å². The number of nitrogens with zero attached hydrogens (tertiary/aromatic N) is 2. The van der Waals surface area contributed by atoms with E-state index >= 15 is 0 Å². The van der Waals surface area contributed by atoms with Gasteiger partial charge in [0.2, 0.25) is 17.6 Å². The fourth-order valence-electron chi connectivity index (χ4n) is 2.24. The number of nitrogens with one attached hydrogen (secondary N) is 1. The maximum Gasteiger partial charge on any atom is 0.246 e. The summed E-state index contributed by atoms with van der Waals surface area (Å²) in [4.78, 5) is 29.1. The highest BCUT2D eigenvalue weighted by atomic mass is 32.1. The number of carbonyl (C=O) groups excluding carboxylic acids is 2. The quantitative estimate of drug-likeness (QED) is 0.612. The predicted octanol–water partition coefficient (Wildman–Crippen LogP) is 3.09. The van der Waals surface area contributed by atoms with Crippen molar-refractivity contribution in [1.29, 1.82) is 0 Å². The minimum atomic E-state index is -0.247. The number of hydrogen-bond acceptors (Lipinski definition) is 7. The molecule has 0 bridgehead atoms. The molecule has 7 nitrogen and oxygen atoms in total. The number of ketones is 1. The number of aromatic nitrogens is 2. The Kier molecular flexibility index (Phi) is 5.75. The summed E-state index contributed by atoms with van der Waals surface area (Å²) in [7, 11) is 1.56. The molecule has 0 aliphatic rings. The second-order valence-electron chi connectivity index (χ2n) is 5.42. The molecule has 0 spiro atoms. The van der Waals surface area contributed by atoms with Crippen LogP contribution in [-0.2, 0) is 11.3 Å². The summed E-state index contributed by atoms with van der Waals surface area (Å²) in [6, 6.07) is 10.6. The van der Waals surface area contributed by atoms with Crippen LogP contribution < -0.4 is 10.1 Å². The summed E-state index contributed by atoms with van der Waals surface area (Å²) >= 11 is 1.51. The summed E-state index contributed by atoms with van der Waals surface area (Å²) < 4.78 is 10.2. The third-order valence-corrected chi connectivity index (χ3v) is 4.50. The van der Waals surface area contributed by atoms with Gasteiger partial charge in [-0.15, -0.1) is 11.3 Å². The number of ether oxygens (including phenoxy) is 1. The van der Waals surface area contributed by atoms with E-state index in [0.29, 0.717) is 23.0 Å². The van der Waals surface area contributed by atoms with Crippen LogP contribution in [0.5, 0.6) is 5.75 Å². The van der Waals surface area contributed by atoms with Gasteiger partial charge >= 0.3 is 0 Å². The molecule has 1 N–H and O–H groups in total. The average molecular weight is 371 g/mol. The van der Waals surface area contributed by atoms with E-state index < -0.39 is 0 Å². The van der Waals surface area contributed by atoms with Gasteiger partial charge in [-0.1, -0.05) is 11.2 Å². The molecule has 3 aromatic rings. The molecule has 0 aliphatic carbocycles. The Morgan fingerprint density at radius 1 is 1.19 bits per heavy atom. The standard InChI is InChI=1S/C18H17N3O4S/c1-24-13-6-4-12(5-7-13)14(22)8-9-16(23)19-11-17-20-18(21-25-17)15-3-2-10-26-15/h2-7,10H,8-9,11H2,1H3,(H,19,23). The fourth-order valence-corrected chi connectivity index (χ4v) is 2.89. The van der Waals surface area contributed by atoms with Crippen molar-refractivity contribution in [2.45, 2.75) is 19.4 Å². The van der Waals surface area contributed by atoms with Crippen molar-refractivity contribution in [3.63, 3.8) is 0 Å².